The van der Waals surface area contributed by atoms with Gasteiger partial charge >= 0.3 is 0 Å². The Morgan fingerprint density at radius 2 is 1.57 bits per heavy atom. The Morgan fingerprint density at radius 1 is 0.950 bits per heavy atom. The van der Waals surface area contributed by atoms with Gasteiger partial charge in [0.15, 0.2) is 0 Å². The Labute approximate surface area is 245 Å². The van der Waals surface area contributed by atoms with Crippen LogP contribution in [0.3, 0.4) is 0 Å². The van der Waals surface area contributed by atoms with Gasteiger partial charge in [-0.3, -0.25) is 13.9 Å². The number of nitrogens with zero attached hydrogens (tertiary/aromatic N) is 2. The smallest absolute Gasteiger partial charge is 0.244 e. The Balaban J connectivity index is 2.04. The first-order valence-electron chi connectivity index (χ1n) is 13.0. The highest BCUT2D eigenvalue weighted by atomic mass is 79.9. The van der Waals surface area contributed by atoms with Crippen molar-refractivity contribution < 1.29 is 22.7 Å². The molecule has 0 unspecified atom stereocenters. The van der Waals surface area contributed by atoms with Crippen LogP contribution in [-0.2, 0) is 32.6 Å². The molecule has 3 aromatic rings. The standard InChI is InChI=1S/C30H36BrN3O5S/c1-5-22(2)32-30(36)28(19-23-9-7-6-8-10-23)33(20-24-11-13-25(31)14-12-24)29(35)21-34(40(4,37)38)26-15-17-27(39-3)18-16-26/h6-18,22,28H,5,19-21H2,1-4H3,(H,32,36)/t22-,28-/m0/s1. The van der Waals surface area contributed by atoms with Crippen molar-refractivity contribution in [3.8, 4) is 5.75 Å². The Kier molecular flexibility index (Phi) is 11.2. The predicted octanol–water partition coefficient (Wildman–Crippen LogP) is 4.78. The molecule has 2 atom stereocenters. The van der Waals surface area contributed by atoms with Gasteiger partial charge in [-0.2, -0.15) is 0 Å². The Hall–Kier alpha value is -3.37. The van der Waals surface area contributed by atoms with Gasteiger partial charge < -0.3 is 15.0 Å². The summed E-state index contributed by atoms with van der Waals surface area (Å²) in [5, 5.41) is 3.02. The second-order valence-electron chi connectivity index (χ2n) is 9.64. The van der Waals surface area contributed by atoms with Crippen LogP contribution >= 0.6 is 15.9 Å². The number of amides is 2. The Morgan fingerprint density at radius 3 is 2.12 bits per heavy atom. The van der Waals surface area contributed by atoms with E-state index in [0.717, 1.165) is 32.6 Å². The largest absolute Gasteiger partial charge is 0.497 e. The van der Waals surface area contributed by atoms with E-state index in [1.54, 1.807) is 24.3 Å². The molecule has 2 amide bonds. The number of benzene rings is 3. The number of hydrogen-bond acceptors (Lipinski definition) is 5. The quantitative estimate of drug-likeness (QED) is 0.294. The van der Waals surface area contributed by atoms with E-state index < -0.39 is 28.5 Å². The van der Waals surface area contributed by atoms with Crippen LogP contribution in [0.15, 0.2) is 83.3 Å². The van der Waals surface area contributed by atoms with Crippen LogP contribution < -0.4 is 14.4 Å². The minimum Gasteiger partial charge on any atom is -0.497 e. The third-order valence-electron chi connectivity index (χ3n) is 6.58. The summed E-state index contributed by atoms with van der Waals surface area (Å²) in [6.45, 7) is 3.54. The third kappa shape index (κ3) is 8.82. The average Bonchev–Trinajstić information content (AvgIpc) is 2.94. The molecule has 3 aromatic carbocycles. The second-order valence-corrected chi connectivity index (χ2v) is 12.5. The molecule has 0 heterocycles. The zero-order valence-electron chi connectivity index (χ0n) is 23.2. The molecule has 0 spiro atoms. The molecule has 1 N–H and O–H groups in total. The van der Waals surface area contributed by atoms with Gasteiger partial charge in [0.05, 0.1) is 19.1 Å². The van der Waals surface area contributed by atoms with Crippen molar-refractivity contribution in [2.45, 2.75) is 45.3 Å². The summed E-state index contributed by atoms with van der Waals surface area (Å²) >= 11 is 3.44. The van der Waals surface area contributed by atoms with Gasteiger partial charge in [0, 0.05) is 23.5 Å². The summed E-state index contributed by atoms with van der Waals surface area (Å²) in [5.74, 6) is -0.228. The number of methoxy groups -OCH3 is 1. The molecule has 0 radical (unpaired) electrons. The maximum Gasteiger partial charge on any atom is 0.244 e. The minimum absolute atomic E-state index is 0.0952. The van der Waals surface area contributed by atoms with Crippen LogP contribution in [0, 0.1) is 0 Å². The van der Waals surface area contributed by atoms with E-state index in [1.807, 2.05) is 68.4 Å². The molecule has 0 aromatic heterocycles. The van der Waals surface area contributed by atoms with Gasteiger partial charge in [-0.15, -0.1) is 0 Å². The first-order chi connectivity index (χ1) is 19.0. The van der Waals surface area contributed by atoms with Crippen molar-refractivity contribution in [2.75, 3.05) is 24.2 Å². The normalized spacial score (nSPS) is 12.7. The van der Waals surface area contributed by atoms with Crippen LogP contribution in [0.1, 0.15) is 31.4 Å². The number of nitrogens with one attached hydrogen (secondary N) is 1. The molecule has 0 bridgehead atoms. The molecule has 0 saturated carbocycles. The molecule has 3 rings (SSSR count). The van der Waals surface area contributed by atoms with Gasteiger partial charge in [0.25, 0.3) is 0 Å². The topological polar surface area (TPSA) is 96.0 Å². The van der Waals surface area contributed by atoms with Crippen molar-refractivity contribution in [3.63, 3.8) is 0 Å². The number of sulfonamides is 1. The fourth-order valence-electron chi connectivity index (χ4n) is 4.14. The lowest BCUT2D eigenvalue weighted by molar-refractivity contribution is -0.140. The lowest BCUT2D eigenvalue weighted by atomic mass is 10.0. The van der Waals surface area contributed by atoms with E-state index in [9.17, 15) is 18.0 Å². The lowest BCUT2D eigenvalue weighted by Crippen LogP contribution is -2.54. The number of anilines is 1. The number of carbonyl (C=O) groups excluding carboxylic acids is 2. The van der Waals surface area contributed by atoms with E-state index in [-0.39, 0.29) is 24.9 Å². The number of hydrogen-bond donors (Lipinski definition) is 1. The summed E-state index contributed by atoms with van der Waals surface area (Å²) < 4.78 is 32.8. The van der Waals surface area contributed by atoms with E-state index in [0.29, 0.717) is 11.4 Å². The monoisotopic (exact) mass is 629 g/mol. The molecular weight excluding hydrogens is 594 g/mol. The number of carbonyl (C=O) groups is 2. The zero-order chi connectivity index (χ0) is 29.3. The molecular formula is C30H36BrN3O5S. The lowest BCUT2D eigenvalue weighted by Gasteiger charge is -2.34. The van der Waals surface area contributed by atoms with Gasteiger partial charge in [-0.1, -0.05) is 65.3 Å². The van der Waals surface area contributed by atoms with Crippen LogP contribution in [0.2, 0.25) is 0 Å². The molecule has 0 aliphatic heterocycles. The van der Waals surface area contributed by atoms with Crippen molar-refractivity contribution in [1.29, 1.82) is 0 Å². The summed E-state index contributed by atoms with van der Waals surface area (Å²) in [7, 11) is -2.32. The van der Waals surface area contributed by atoms with Crippen LogP contribution in [0.5, 0.6) is 5.75 Å². The van der Waals surface area contributed by atoms with E-state index in [2.05, 4.69) is 21.2 Å². The minimum atomic E-state index is -3.83. The van der Waals surface area contributed by atoms with Crippen molar-refractivity contribution >= 4 is 43.5 Å². The van der Waals surface area contributed by atoms with Crippen LogP contribution in [0.25, 0.3) is 0 Å². The molecule has 0 saturated heterocycles. The Bertz CT molecular complexity index is 1370. The average molecular weight is 631 g/mol. The number of ether oxygens (including phenoxy) is 1. The van der Waals surface area contributed by atoms with Gasteiger partial charge in [0.2, 0.25) is 21.8 Å². The molecule has 0 aliphatic carbocycles. The predicted molar refractivity (Wildman–Crippen MR) is 162 cm³/mol. The van der Waals surface area contributed by atoms with E-state index in [4.69, 9.17) is 4.74 Å². The molecule has 214 valence electrons. The summed E-state index contributed by atoms with van der Waals surface area (Å²) in [6, 6.07) is 22.4. The van der Waals surface area contributed by atoms with Crippen molar-refractivity contribution in [2.24, 2.45) is 0 Å². The highest BCUT2D eigenvalue weighted by molar-refractivity contribution is 9.10. The summed E-state index contributed by atoms with van der Waals surface area (Å²) in [5.41, 5.74) is 2.01. The summed E-state index contributed by atoms with van der Waals surface area (Å²) in [4.78, 5) is 29.2. The van der Waals surface area contributed by atoms with Crippen LogP contribution in [0.4, 0.5) is 5.69 Å². The molecule has 40 heavy (non-hydrogen) atoms. The van der Waals surface area contributed by atoms with E-state index in [1.165, 1.54) is 12.0 Å². The van der Waals surface area contributed by atoms with E-state index >= 15 is 0 Å². The molecule has 0 fully saturated rings. The fourth-order valence-corrected chi connectivity index (χ4v) is 5.26. The van der Waals surface area contributed by atoms with Crippen LogP contribution in [-0.4, -0.2) is 57.1 Å². The third-order valence-corrected chi connectivity index (χ3v) is 8.25. The first-order valence-corrected chi connectivity index (χ1v) is 15.7. The zero-order valence-corrected chi connectivity index (χ0v) is 25.6. The summed E-state index contributed by atoms with van der Waals surface area (Å²) in [6.07, 6.45) is 2.05. The maximum absolute atomic E-state index is 14.1. The fraction of sp³-hybridized carbons (Fsp3) is 0.333. The van der Waals surface area contributed by atoms with Gasteiger partial charge in [-0.25, -0.2) is 8.42 Å². The highest BCUT2D eigenvalue weighted by Gasteiger charge is 2.33. The number of halogens is 1. The van der Waals surface area contributed by atoms with Gasteiger partial charge in [-0.05, 0) is 60.9 Å². The second kappa shape index (κ2) is 14.3. The highest BCUT2D eigenvalue weighted by Crippen LogP contribution is 2.23. The van der Waals surface area contributed by atoms with Gasteiger partial charge in [0.1, 0.15) is 18.3 Å². The number of rotatable bonds is 13. The molecule has 8 nitrogen and oxygen atoms in total. The van der Waals surface area contributed by atoms with Crippen molar-refractivity contribution in [3.05, 3.63) is 94.5 Å². The SMILES string of the molecule is CC[C@H](C)NC(=O)[C@H](Cc1ccccc1)N(Cc1ccc(Br)cc1)C(=O)CN(c1ccc(OC)cc1)S(C)(=O)=O. The molecule has 10 heteroatoms. The van der Waals surface area contributed by atoms with Crippen molar-refractivity contribution in [1.82, 2.24) is 10.2 Å². The first kappa shape index (κ1) is 31.2. The molecule has 0 aliphatic rings. The maximum atomic E-state index is 14.1.